The van der Waals surface area contributed by atoms with E-state index in [2.05, 4.69) is 5.32 Å². The molecular formula is C18H17ClN2O5S. The molecule has 27 heavy (non-hydrogen) atoms. The number of thiophene rings is 1. The minimum absolute atomic E-state index is 0.0871. The van der Waals surface area contributed by atoms with E-state index in [9.17, 15) is 9.59 Å². The number of rotatable bonds is 6. The Morgan fingerprint density at radius 3 is 2.59 bits per heavy atom. The number of ether oxygens (including phenoxy) is 3. The fourth-order valence-corrected chi connectivity index (χ4v) is 3.87. The minimum atomic E-state index is -0.524. The number of hydrogen-bond acceptors (Lipinski definition) is 6. The number of anilines is 1. The van der Waals surface area contributed by atoms with E-state index in [0.717, 1.165) is 4.70 Å². The highest BCUT2D eigenvalue weighted by atomic mass is 35.5. The van der Waals surface area contributed by atoms with Gasteiger partial charge in [-0.3, -0.25) is 4.79 Å². The summed E-state index contributed by atoms with van der Waals surface area (Å²) in [6.07, 6.45) is 0. The number of carbonyl (C=O) groups excluding carboxylic acids is 2. The van der Waals surface area contributed by atoms with Crippen molar-refractivity contribution >= 4 is 50.7 Å². The number of amides is 1. The highest BCUT2D eigenvalue weighted by molar-refractivity contribution is 7.22. The van der Waals surface area contributed by atoms with Crippen LogP contribution in [0.2, 0.25) is 4.34 Å². The average molecular weight is 409 g/mol. The third-order valence-electron chi connectivity index (χ3n) is 3.94. The van der Waals surface area contributed by atoms with Gasteiger partial charge in [0.2, 0.25) is 5.91 Å². The summed E-state index contributed by atoms with van der Waals surface area (Å²) >= 11 is 7.38. The average Bonchev–Trinajstić information content (AvgIpc) is 3.18. The van der Waals surface area contributed by atoms with Crippen LogP contribution in [0.5, 0.6) is 11.5 Å². The Hall–Kier alpha value is -2.71. The highest BCUT2D eigenvalue weighted by Crippen LogP contribution is 2.33. The van der Waals surface area contributed by atoms with Crippen molar-refractivity contribution in [3.05, 3.63) is 40.4 Å². The second-order valence-electron chi connectivity index (χ2n) is 5.52. The molecule has 9 heteroatoms. The van der Waals surface area contributed by atoms with E-state index in [1.807, 2.05) is 0 Å². The van der Waals surface area contributed by atoms with Gasteiger partial charge < -0.3 is 24.1 Å². The van der Waals surface area contributed by atoms with Crippen LogP contribution in [0.1, 0.15) is 10.5 Å². The molecule has 0 aliphatic rings. The molecule has 0 fully saturated rings. The summed E-state index contributed by atoms with van der Waals surface area (Å²) in [5.41, 5.74) is 1.48. The molecule has 0 spiro atoms. The van der Waals surface area contributed by atoms with Crippen molar-refractivity contribution in [1.82, 2.24) is 4.57 Å². The van der Waals surface area contributed by atoms with E-state index in [0.29, 0.717) is 27.0 Å². The van der Waals surface area contributed by atoms with E-state index < -0.39 is 5.97 Å². The van der Waals surface area contributed by atoms with E-state index in [1.54, 1.807) is 42.0 Å². The van der Waals surface area contributed by atoms with Gasteiger partial charge in [0.15, 0.2) is 0 Å². The Labute approximate surface area is 164 Å². The van der Waals surface area contributed by atoms with Crippen molar-refractivity contribution in [3.63, 3.8) is 0 Å². The van der Waals surface area contributed by atoms with Crippen LogP contribution >= 0.6 is 22.9 Å². The van der Waals surface area contributed by atoms with Crippen LogP contribution in [-0.4, -0.2) is 37.8 Å². The molecule has 2 heterocycles. The number of methoxy groups -OCH3 is 3. The second-order valence-corrected chi connectivity index (χ2v) is 7.24. The van der Waals surface area contributed by atoms with Crippen LogP contribution in [0.25, 0.3) is 10.2 Å². The third-order valence-corrected chi connectivity index (χ3v) is 5.14. The lowest BCUT2D eigenvalue weighted by Gasteiger charge is -2.13. The van der Waals surface area contributed by atoms with E-state index in [-0.39, 0.29) is 18.1 Å². The van der Waals surface area contributed by atoms with Gasteiger partial charge in [-0.15, -0.1) is 11.3 Å². The molecule has 1 N–H and O–H groups in total. The molecular weight excluding hydrogens is 392 g/mol. The Bertz CT molecular complexity index is 1010. The lowest BCUT2D eigenvalue weighted by atomic mass is 10.2. The first-order valence-electron chi connectivity index (χ1n) is 7.85. The summed E-state index contributed by atoms with van der Waals surface area (Å²) in [5.74, 6) is 0.220. The maximum Gasteiger partial charge on any atom is 0.354 e. The van der Waals surface area contributed by atoms with Crippen molar-refractivity contribution in [1.29, 1.82) is 0 Å². The summed E-state index contributed by atoms with van der Waals surface area (Å²) in [7, 11) is 4.34. The molecule has 0 aliphatic heterocycles. The summed E-state index contributed by atoms with van der Waals surface area (Å²) < 4.78 is 18.2. The van der Waals surface area contributed by atoms with Gasteiger partial charge in [-0.05, 0) is 24.3 Å². The van der Waals surface area contributed by atoms with Gasteiger partial charge >= 0.3 is 5.97 Å². The van der Waals surface area contributed by atoms with Crippen LogP contribution in [-0.2, 0) is 16.1 Å². The summed E-state index contributed by atoms with van der Waals surface area (Å²) in [6.45, 7) is -0.0871. The number of carbonyl (C=O) groups is 2. The van der Waals surface area contributed by atoms with Crippen LogP contribution in [0.3, 0.4) is 0 Å². The molecule has 0 saturated carbocycles. The van der Waals surface area contributed by atoms with Gasteiger partial charge in [-0.1, -0.05) is 11.6 Å². The summed E-state index contributed by atoms with van der Waals surface area (Å²) in [6, 6.07) is 8.45. The first-order chi connectivity index (χ1) is 13.0. The normalized spacial score (nSPS) is 10.7. The molecule has 0 aliphatic carbocycles. The van der Waals surface area contributed by atoms with E-state index >= 15 is 0 Å². The predicted octanol–water partition coefficient (Wildman–Crippen LogP) is 3.80. The topological polar surface area (TPSA) is 78.8 Å². The number of benzene rings is 1. The molecule has 7 nitrogen and oxygen atoms in total. The van der Waals surface area contributed by atoms with Crippen molar-refractivity contribution in [3.8, 4) is 11.5 Å². The Kier molecular flexibility index (Phi) is 5.57. The lowest BCUT2D eigenvalue weighted by Crippen LogP contribution is -2.22. The smallest absolute Gasteiger partial charge is 0.354 e. The SMILES string of the molecule is COC(=O)c1cc2sc(Cl)cc2n1CC(=O)Nc1ccc(OC)cc1OC. The highest BCUT2D eigenvalue weighted by Gasteiger charge is 2.20. The molecule has 0 atom stereocenters. The Morgan fingerprint density at radius 2 is 1.93 bits per heavy atom. The zero-order valence-corrected chi connectivity index (χ0v) is 16.4. The van der Waals surface area contributed by atoms with Gasteiger partial charge in [0.1, 0.15) is 23.7 Å². The number of esters is 1. The first-order valence-corrected chi connectivity index (χ1v) is 9.05. The quantitative estimate of drug-likeness (QED) is 0.627. The zero-order chi connectivity index (χ0) is 19.6. The minimum Gasteiger partial charge on any atom is -0.497 e. The molecule has 0 unspecified atom stereocenters. The third kappa shape index (κ3) is 3.86. The van der Waals surface area contributed by atoms with Crippen LogP contribution < -0.4 is 14.8 Å². The molecule has 3 aromatic rings. The molecule has 0 radical (unpaired) electrons. The molecule has 142 valence electrons. The summed E-state index contributed by atoms with van der Waals surface area (Å²) in [4.78, 5) is 24.7. The lowest BCUT2D eigenvalue weighted by molar-refractivity contribution is -0.116. The Balaban J connectivity index is 1.89. The molecule has 3 rings (SSSR count). The number of halogens is 1. The van der Waals surface area contributed by atoms with Gasteiger partial charge in [0.25, 0.3) is 0 Å². The molecule has 1 aromatic carbocycles. The van der Waals surface area contributed by atoms with Crippen molar-refractivity contribution < 1.29 is 23.8 Å². The van der Waals surface area contributed by atoms with Gasteiger partial charge in [0.05, 0.1) is 41.6 Å². The van der Waals surface area contributed by atoms with Crippen molar-refractivity contribution in [2.75, 3.05) is 26.6 Å². The number of nitrogens with one attached hydrogen (secondary N) is 1. The van der Waals surface area contributed by atoms with Crippen LogP contribution in [0, 0.1) is 0 Å². The number of hydrogen-bond donors (Lipinski definition) is 1. The largest absolute Gasteiger partial charge is 0.497 e. The predicted molar refractivity (Wildman–Crippen MR) is 104 cm³/mol. The maximum atomic E-state index is 12.6. The van der Waals surface area contributed by atoms with Gasteiger partial charge in [0, 0.05) is 6.07 Å². The molecule has 1 amide bonds. The monoisotopic (exact) mass is 408 g/mol. The van der Waals surface area contributed by atoms with Gasteiger partial charge in [-0.2, -0.15) is 0 Å². The van der Waals surface area contributed by atoms with Crippen molar-refractivity contribution in [2.24, 2.45) is 0 Å². The van der Waals surface area contributed by atoms with Crippen LogP contribution in [0.4, 0.5) is 5.69 Å². The number of fused-ring (bicyclic) bond motifs is 1. The fraction of sp³-hybridized carbons (Fsp3) is 0.222. The zero-order valence-electron chi connectivity index (χ0n) is 14.9. The number of nitrogens with zero attached hydrogens (tertiary/aromatic N) is 1. The van der Waals surface area contributed by atoms with Crippen LogP contribution in [0.15, 0.2) is 30.3 Å². The first kappa shape index (κ1) is 19.1. The Morgan fingerprint density at radius 1 is 1.15 bits per heavy atom. The number of aromatic nitrogens is 1. The molecule has 2 aromatic heterocycles. The van der Waals surface area contributed by atoms with E-state index in [1.165, 1.54) is 25.6 Å². The second kappa shape index (κ2) is 7.89. The van der Waals surface area contributed by atoms with Gasteiger partial charge in [-0.25, -0.2) is 4.79 Å². The molecule has 0 bridgehead atoms. The fourth-order valence-electron chi connectivity index (χ4n) is 2.69. The van der Waals surface area contributed by atoms with Crippen molar-refractivity contribution in [2.45, 2.75) is 6.54 Å². The summed E-state index contributed by atoms with van der Waals surface area (Å²) in [5, 5.41) is 2.78. The maximum absolute atomic E-state index is 12.6. The molecule has 0 saturated heterocycles. The van der Waals surface area contributed by atoms with E-state index in [4.69, 9.17) is 25.8 Å². The standard InChI is InChI=1S/C18H17ClN2O5S/c1-24-10-4-5-11(14(6-10)25-2)20-17(22)9-21-12-8-16(19)27-15(12)7-13(21)18(23)26-3/h4-8H,9H2,1-3H3,(H,20,22).